The van der Waals surface area contributed by atoms with Crippen LogP contribution in [0.5, 0.6) is 0 Å². The molecule has 2 unspecified atom stereocenters. The Morgan fingerprint density at radius 1 is 1.40 bits per heavy atom. The van der Waals surface area contributed by atoms with Crippen LogP contribution in [0.15, 0.2) is 12.7 Å². The Morgan fingerprint density at radius 3 is 2.87 bits per heavy atom. The van der Waals surface area contributed by atoms with E-state index < -0.39 is 0 Å². The number of imide groups is 1. The molecule has 0 aromatic rings. The van der Waals surface area contributed by atoms with E-state index in [0.29, 0.717) is 6.54 Å². The van der Waals surface area contributed by atoms with Gasteiger partial charge in [0.15, 0.2) is 0 Å². The number of carbonyl (C=O) groups is 2. The normalized spacial score (nSPS) is 30.8. The number of urea groups is 1. The number of hydrogen-bond acceptors (Lipinski definition) is 2. The minimum absolute atomic E-state index is 0.00333. The van der Waals surface area contributed by atoms with Crippen LogP contribution in [-0.2, 0) is 4.79 Å². The quantitative estimate of drug-likeness (QED) is 0.695. The largest absolute Gasteiger partial charge is 0.334 e. The molecule has 0 spiro atoms. The lowest BCUT2D eigenvalue weighted by Crippen LogP contribution is -2.60. The van der Waals surface area contributed by atoms with Crippen molar-refractivity contribution in [3.63, 3.8) is 0 Å². The van der Waals surface area contributed by atoms with E-state index in [0.717, 1.165) is 25.7 Å². The lowest BCUT2D eigenvalue weighted by atomic mass is 9.82. The van der Waals surface area contributed by atoms with E-state index in [-0.39, 0.29) is 23.9 Å². The van der Waals surface area contributed by atoms with E-state index in [4.69, 9.17) is 0 Å². The summed E-state index contributed by atoms with van der Waals surface area (Å²) < 4.78 is 0. The standard InChI is InChI=1S/C11H16N2O2/c1-2-7-13-10(14)8-5-3-4-6-9(8)12-11(13)15/h2,8-9H,1,3-7H2,(H,12,15). The molecule has 0 radical (unpaired) electrons. The first-order valence-electron chi connectivity index (χ1n) is 5.47. The molecule has 0 bridgehead atoms. The highest BCUT2D eigenvalue weighted by atomic mass is 16.2. The summed E-state index contributed by atoms with van der Waals surface area (Å²) in [6, 6.07) is -0.192. The molecule has 4 heteroatoms. The number of amides is 3. The lowest BCUT2D eigenvalue weighted by molar-refractivity contribution is -0.135. The van der Waals surface area contributed by atoms with Crippen LogP contribution in [0.1, 0.15) is 25.7 Å². The molecule has 1 saturated carbocycles. The van der Waals surface area contributed by atoms with Gasteiger partial charge in [0.05, 0.1) is 5.92 Å². The summed E-state index contributed by atoms with van der Waals surface area (Å²) in [5, 5.41) is 2.90. The Labute approximate surface area is 89.3 Å². The van der Waals surface area contributed by atoms with Gasteiger partial charge >= 0.3 is 6.03 Å². The Kier molecular flexibility index (Phi) is 2.75. The molecule has 1 heterocycles. The summed E-state index contributed by atoms with van der Waals surface area (Å²) in [7, 11) is 0. The van der Waals surface area contributed by atoms with Crippen LogP contribution in [0.25, 0.3) is 0 Å². The SMILES string of the molecule is C=CCN1C(=O)NC2CCCCC2C1=O. The lowest BCUT2D eigenvalue weighted by Gasteiger charge is -2.39. The van der Waals surface area contributed by atoms with Crippen molar-refractivity contribution in [1.82, 2.24) is 10.2 Å². The monoisotopic (exact) mass is 208 g/mol. The van der Waals surface area contributed by atoms with Crippen LogP contribution in [0.4, 0.5) is 4.79 Å². The molecule has 1 aliphatic heterocycles. The smallest absolute Gasteiger partial charge is 0.324 e. The number of fused-ring (bicyclic) bond motifs is 1. The summed E-state index contributed by atoms with van der Waals surface area (Å²) in [5.74, 6) is -0.0280. The molecular formula is C11H16N2O2. The summed E-state index contributed by atoms with van der Waals surface area (Å²) in [6.07, 6.45) is 5.61. The molecular weight excluding hydrogens is 192 g/mol. The molecule has 2 rings (SSSR count). The first-order valence-corrected chi connectivity index (χ1v) is 5.47. The third-order valence-corrected chi connectivity index (χ3v) is 3.21. The minimum Gasteiger partial charge on any atom is -0.334 e. The Balaban J connectivity index is 2.14. The van der Waals surface area contributed by atoms with Crippen LogP contribution in [-0.4, -0.2) is 29.4 Å². The van der Waals surface area contributed by atoms with Crippen molar-refractivity contribution in [2.75, 3.05) is 6.54 Å². The number of carbonyl (C=O) groups excluding carboxylic acids is 2. The van der Waals surface area contributed by atoms with E-state index in [1.807, 2.05) is 0 Å². The van der Waals surface area contributed by atoms with Gasteiger partial charge in [-0.1, -0.05) is 18.9 Å². The molecule has 15 heavy (non-hydrogen) atoms. The average molecular weight is 208 g/mol. The van der Waals surface area contributed by atoms with Gasteiger partial charge in [-0.3, -0.25) is 9.69 Å². The van der Waals surface area contributed by atoms with Crippen LogP contribution in [0.3, 0.4) is 0 Å². The molecule has 2 aliphatic rings. The Morgan fingerprint density at radius 2 is 2.13 bits per heavy atom. The predicted molar refractivity (Wildman–Crippen MR) is 56.2 cm³/mol. The van der Waals surface area contributed by atoms with Gasteiger partial charge in [-0.25, -0.2) is 4.79 Å². The van der Waals surface area contributed by atoms with Crippen molar-refractivity contribution in [3.8, 4) is 0 Å². The summed E-state index contributed by atoms with van der Waals surface area (Å²) in [5.41, 5.74) is 0. The number of rotatable bonds is 2. The molecule has 0 aromatic carbocycles. The number of nitrogens with one attached hydrogen (secondary N) is 1. The van der Waals surface area contributed by atoms with Crippen molar-refractivity contribution >= 4 is 11.9 Å². The van der Waals surface area contributed by atoms with Gasteiger partial charge in [0, 0.05) is 12.6 Å². The highest BCUT2D eigenvalue weighted by molar-refractivity contribution is 5.98. The molecule has 0 aromatic heterocycles. The van der Waals surface area contributed by atoms with E-state index in [1.165, 1.54) is 4.90 Å². The van der Waals surface area contributed by atoms with Crippen LogP contribution < -0.4 is 5.32 Å². The highest BCUT2D eigenvalue weighted by Crippen LogP contribution is 2.29. The van der Waals surface area contributed by atoms with Crippen molar-refractivity contribution in [1.29, 1.82) is 0 Å². The summed E-state index contributed by atoms with van der Waals surface area (Å²) >= 11 is 0. The molecule has 82 valence electrons. The maximum Gasteiger partial charge on any atom is 0.324 e. The Hall–Kier alpha value is -1.32. The number of nitrogens with zero attached hydrogens (tertiary/aromatic N) is 1. The van der Waals surface area contributed by atoms with Gasteiger partial charge in [0.2, 0.25) is 5.91 Å². The maximum atomic E-state index is 12.0. The van der Waals surface area contributed by atoms with E-state index in [1.54, 1.807) is 6.08 Å². The van der Waals surface area contributed by atoms with Gasteiger partial charge in [-0.15, -0.1) is 6.58 Å². The van der Waals surface area contributed by atoms with Gasteiger partial charge < -0.3 is 5.32 Å². The fourth-order valence-electron chi connectivity index (χ4n) is 2.44. The highest BCUT2D eigenvalue weighted by Gasteiger charge is 2.41. The average Bonchev–Trinajstić information content (AvgIpc) is 2.24. The molecule has 2 fully saturated rings. The number of hydrogen-bond donors (Lipinski definition) is 1. The summed E-state index contributed by atoms with van der Waals surface area (Å²) in [4.78, 5) is 24.8. The van der Waals surface area contributed by atoms with Crippen LogP contribution in [0, 0.1) is 5.92 Å². The maximum absolute atomic E-state index is 12.0. The fraction of sp³-hybridized carbons (Fsp3) is 0.636. The van der Waals surface area contributed by atoms with E-state index >= 15 is 0 Å². The van der Waals surface area contributed by atoms with Crippen molar-refractivity contribution in [3.05, 3.63) is 12.7 Å². The molecule has 1 aliphatic carbocycles. The topological polar surface area (TPSA) is 49.4 Å². The first-order chi connectivity index (χ1) is 7.24. The van der Waals surface area contributed by atoms with Crippen molar-refractivity contribution < 1.29 is 9.59 Å². The second-order valence-electron chi connectivity index (χ2n) is 4.18. The molecule has 2 atom stereocenters. The van der Waals surface area contributed by atoms with Crippen molar-refractivity contribution in [2.45, 2.75) is 31.7 Å². The zero-order valence-corrected chi connectivity index (χ0v) is 8.74. The molecule has 4 nitrogen and oxygen atoms in total. The van der Waals surface area contributed by atoms with Gasteiger partial charge in [-0.2, -0.15) is 0 Å². The van der Waals surface area contributed by atoms with E-state index in [2.05, 4.69) is 11.9 Å². The summed E-state index contributed by atoms with van der Waals surface area (Å²) in [6.45, 7) is 3.87. The van der Waals surface area contributed by atoms with Crippen LogP contribution >= 0.6 is 0 Å². The second kappa shape index (κ2) is 4.04. The predicted octanol–water partition coefficient (Wildman–Crippen LogP) is 1.28. The first kappa shape index (κ1) is 10.2. The molecule has 1 N–H and O–H groups in total. The van der Waals surface area contributed by atoms with Gasteiger partial charge in [0.25, 0.3) is 0 Å². The zero-order chi connectivity index (χ0) is 10.8. The Bertz CT molecular complexity index is 301. The minimum atomic E-state index is -0.261. The molecule has 1 saturated heterocycles. The zero-order valence-electron chi connectivity index (χ0n) is 8.74. The fourth-order valence-corrected chi connectivity index (χ4v) is 2.44. The van der Waals surface area contributed by atoms with Crippen LogP contribution in [0.2, 0.25) is 0 Å². The van der Waals surface area contributed by atoms with Crippen molar-refractivity contribution in [2.24, 2.45) is 5.92 Å². The molecule has 3 amide bonds. The third kappa shape index (κ3) is 1.76. The van der Waals surface area contributed by atoms with Gasteiger partial charge in [0.1, 0.15) is 0 Å². The second-order valence-corrected chi connectivity index (χ2v) is 4.18. The van der Waals surface area contributed by atoms with E-state index in [9.17, 15) is 9.59 Å². The van der Waals surface area contributed by atoms with Gasteiger partial charge in [-0.05, 0) is 12.8 Å². The third-order valence-electron chi connectivity index (χ3n) is 3.21.